The maximum atomic E-state index is 5.49. The molecular weight excluding hydrogens is 258 g/mol. The van der Waals surface area contributed by atoms with Gasteiger partial charge in [0.2, 0.25) is 0 Å². The van der Waals surface area contributed by atoms with Gasteiger partial charge < -0.3 is 10.1 Å². The third-order valence-corrected chi connectivity index (χ3v) is 3.75. The Balaban J connectivity index is 2.15. The van der Waals surface area contributed by atoms with E-state index < -0.39 is 0 Å². The first-order valence-corrected chi connectivity index (χ1v) is 7.72. The van der Waals surface area contributed by atoms with Crippen molar-refractivity contribution in [3.8, 4) is 5.75 Å². The van der Waals surface area contributed by atoms with Crippen LogP contribution in [0.15, 0.2) is 54.6 Å². The van der Waals surface area contributed by atoms with Gasteiger partial charge in [0.1, 0.15) is 5.75 Å². The molecule has 0 aromatic heterocycles. The normalized spacial score (nSPS) is 12.1. The molecule has 2 rings (SSSR count). The van der Waals surface area contributed by atoms with Gasteiger partial charge in [-0.1, -0.05) is 55.5 Å². The Morgan fingerprint density at radius 3 is 2.43 bits per heavy atom. The van der Waals surface area contributed by atoms with E-state index in [4.69, 9.17) is 4.74 Å². The lowest BCUT2D eigenvalue weighted by atomic mass is 9.91. The van der Waals surface area contributed by atoms with E-state index in [2.05, 4.69) is 54.7 Å². The highest BCUT2D eigenvalue weighted by Gasteiger charge is 2.14. The van der Waals surface area contributed by atoms with Gasteiger partial charge in [-0.25, -0.2) is 0 Å². The molecule has 0 fully saturated rings. The molecule has 1 N–H and O–H groups in total. The topological polar surface area (TPSA) is 21.3 Å². The van der Waals surface area contributed by atoms with Crippen LogP contribution in [0.1, 0.15) is 30.4 Å². The van der Waals surface area contributed by atoms with Crippen LogP contribution in [0.4, 0.5) is 0 Å². The summed E-state index contributed by atoms with van der Waals surface area (Å²) in [5.74, 6) is 1.45. The van der Waals surface area contributed by atoms with Crippen molar-refractivity contribution in [3.05, 3.63) is 65.7 Å². The molecule has 0 spiro atoms. The van der Waals surface area contributed by atoms with Crippen LogP contribution < -0.4 is 10.1 Å². The summed E-state index contributed by atoms with van der Waals surface area (Å²) in [6.45, 7) is 4.26. The molecule has 0 radical (unpaired) electrons. The van der Waals surface area contributed by atoms with Gasteiger partial charge in [-0.15, -0.1) is 0 Å². The second kappa shape index (κ2) is 8.48. The zero-order valence-electron chi connectivity index (χ0n) is 13.0. The molecule has 2 nitrogen and oxygen atoms in total. The van der Waals surface area contributed by atoms with Gasteiger partial charge in [-0.3, -0.25) is 0 Å². The molecule has 2 aromatic rings. The highest BCUT2D eigenvalue weighted by molar-refractivity contribution is 5.35. The van der Waals surface area contributed by atoms with Crippen LogP contribution in [-0.2, 0) is 6.42 Å². The number of para-hydroxylation sites is 1. The molecule has 0 aliphatic heterocycles. The molecule has 1 atom stereocenters. The molecule has 0 aliphatic carbocycles. The number of hydrogen-bond donors (Lipinski definition) is 1. The minimum atomic E-state index is 0.467. The number of methoxy groups -OCH3 is 1. The Bertz CT molecular complexity index is 524. The van der Waals surface area contributed by atoms with Gasteiger partial charge >= 0.3 is 0 Å². The molecule has 0 bridgehead atoms. The maximum absolute atomic E-state index is 5.49. The van der Waals surface area contributed by atoms with Crippen molar-refractivity contribution in [1.82, 2.24) is 5.32 Å². The smallest absolute Gasteiger partial charge is 0.122 e. The van der Waals surface area contributed by atoms with Crippen LogP contribution in [0.25, 0.3) is 0 Å². The summed E-state index contributed by atoms with van der Waals surface area (Å²) in [6, 6.07) is 19.0. The van der Waals surface area contributed by atoms with Crippen molar-refractivity contribution in [3.63, 3.8) is 0 Å². The van der Waals surface area contributed by atoms with Gasteiger partial charge in [-0.05, 0) is 36.6 Å². The largest absolute Gasteiger partial charge is 0.496 e. The van der Waals surface area contributed by atoms with Crippen molar-refractivity contribution in [2.24, 2.45) is 0 Å². The summed E-state index contributed by atoms with van der Waals surface area (Å²) in [4.78, 5) is 0. The number of nitrogens with one attached hydrogen (secondary N) is 1. The van der Waals surface area contributed by atoms with E-state index in [1.54, 1.807) is 7.11 Å². The van der Waals surface area contributed by atoms with E-state index in [-0.39, 0.29) is 0 Å². The number of benzene rings is 2. The maximum Gasteiger partial charge on any atom is 0.122 e. The van der Waals surface area contributed by atoms with Crippen LogP contribution in [0.2, 0.25) is 0 Å². The highest BCUT2D eigenvalue weighted by Crippen LogP contribution is 2.26. The SMILES string of the molecule is CCCNCC(Cc1ccccc1OC)c1ccccc1. The summed E-state index contributed by atoms with van der Waals surface area (Å²) in [7, 11) is 1.74. The summed E-state index contributed by atoms with van der Waals surface area (Å²) in [5, 5.41) is 3.55. The van der Waals surface area contributed by atoms with E-state index in [1.165, 1.54) is 11.1 Å². The number of rotatable bonds is 8. The van der Waals surface area contributed by atoms with Crippen molar-refractivity contribution >= 4 is 0 Å². The van der Waals surface area contributed by atoms with Gasteiger partial charge in [-0.2, -0.15) is 0 Å². The van der Waals surface area contributed by atoms with Crippen LogP contribution in [0, 0.1) is 0 Å². The summed E-state index contributed by atoms with van der Waals surface area (Å²) >= 11 is 0. The fraction of sp³-hybridized carbons (Fsp3) is 0.368. The third-order valence-electron chi connectivity index (χ3n) is 3.75. The Morgan fingerprint density at radius 1 is 1.00 bits per heavy atom. The quantitative estimate of drug-likeness (QED) is 0.739. The van der Waals surface area contributed by atoms with Gasteiger partial charge in [0.25, 0.3) is 0 Å². The summed E-state index contributed by atoms with van der Waals surface area (Å²) in [5.41, 5.74) is 2.65. The summed E-state index contributed by atoms with van der Waals surface area (Å²) in [6.07, 6.45) is 2.15. The predicted octanol–water partition coefficient (Wildman–Crippen LogP) is 4.02. The standard InChI is InChI=1S/C19H25NO/c1-3-13-20-15-18(16-9-5-4-6-10-16)14-17-11-7-8-12-19(17)21-2/h4-12,18,20H,3,13-15H2,1-2H3. The molecule has 112 valence electrons. The second-order valence-electron chi connectivity index (χ2n) is 5.33. The zero-order chi connectivity index (χ0) is 14.9. The third kappa shape index (κ3) is 4.61. The van der Waals surface area contributed by atoms with Gasteiger partial charge in [0.15, 0.2) is 0 Å². The molecule has 2 heteroatoms. The second-order valence-corrected chi connectivity index (χ2v) is 5.33. The number of hydrogen-bond acceptors (Lipinski definition) is 2. The molecule has 2 aromatic carbocycles. The van der Waals surface area contributed by atoms with Crippen molar-refractivity contribution < 1.29 is 4.74 Å². The fourth-order valence-corrected chi connectivity index (χ4v) is 2.62. The first-order valence-electron chi connectivity index (χ1n) is 7.72. The van der Waals surface area contributed by atoms with Crippen molar-refractivity contribution in [2.75, 3.05) is 20.2 Å². The Hall–Kier alpha value is -1.80. The molecule has 21 heavy (non-hydrogen) atoms. The van der Waals surface area contributed by atoms with Crippen molar-refractivity contribution in [1.29, 1.82) is 0 Å². The molecule has 0 aliphatic rings. The van der Waals surface area contributed by atoms with E-state index >= 15 is 0 Å². The lowest BCUT2D eigenvalue weighted by Crippen LogP contribution is -2.23. The van der Waals surface area contributed by atoms with E-state index in [0.717, 1.165) is 31.7 Å². The Morgan fingerprint density at radius 2 is 1.71 bits per heavy atom. The average Bonchev–Trinajstić information content (AvgIpc) is 2.55. The summed E-state index contributed by atoms with van der Waals surface area (Å²) < 4.78 is 5.49. The molecule has 0 saturated carbocycles. The zero-order valence-corrected chi connectivity index (χ0v) is 13.0. The minimum Gasteiger partial charge on any atom is -0.496 e. The Labute approximate surface area is 128 Å². The van der Waals surface area contributed by atoms with Gasteiger partial charge in [0.05, 0.1) is 7.11 Å². The van der Waals surface area contributed by atoms with E-state index in [9.17, 15) is 0 Å². The number of ether oxygens (including phenoxy) is 1. The lowest BCUT2D eigenvalue weighted by molar-refractivity contribution is 0.407. The van der Waals surface area contributed by atoms with Crippen LogP contribution in [-0.4, -0.2) is 20.2 Å². The minimum absolute atomic E-state index is 0.467. The van der Waals surface area contributed by atoms with Crippen LogP contribution in [0.5, 0.6) is 5.75 Å². The average molecular weight is 283 g/mol. The Kier molecular flexibility index (Phi) is 6.29. The monoisotopic (exact) mass is 283 g/mol. The van der Waals surface area contributed by atoms with Gasteiger partial charge in [0, 0.05) is 12.5 Å². The molecule has 1 unspecified atom stereocenters. The first kappa shape index (κ1) is 15.6. The first-order chi connectivity index (χ1) is 10.3. The van der Waals surface area contributed by atoms with Crippen molar-refractivity contribution in [2.45, 2.75) is 25.7 Å². The molecule has 0 saturated heterocycles. The molecule has 0 amide bonds. The fourth-order valence-electron chi connectivity index (χ4n) is 2.62. The van der Waals surface area contributed by atoms with E-state index in [1.807, 2.05) is 12.1 Å². The van der Waals surface area contributed by atoms with Crippen LogP contribution >= 0.6 is 0 Å². The predicted molar refractivity (Wildman–Crippen MR) is 89.0 cm³/mol. The highest BCUT2D eigenvalue weighted by atomic mass is 16.5. The lowest BCUT2D eigenvalue weighted by Gasteiger charge is -2.19. The molecular formula is C19H25NO. The molecule has 0 heterocycles. The van der Waals surface area contributed by atoms with E-state index in [0.29, 0.717) is 5.92 Å². The van der Waals surface area contributed by atoms with Crippen LogP contribution in [0.3, 0.4) is 0 Å².